The first-order chi connectivity index (χ1) is 9.33. The van der Waals surface area contributed by atoms with Gasteiger partial charge >= 0.3 is 0 Å². The molecule has 0 amide bonds. The first kappa shape index (κ1) is 12.9. The highest BCUT2D eigenvalue weighted by molar-refractivity contribution is 9.10. The maximum Gasteiger partial charge on any atom is 0.148 e. The zero-order valence-corrected chi connectivity index (χ0v) is 12.4. The molecule has 0 aliphatic heterocycles. The molecule has 3 nitrogen and oxygen atoms in total. The number of ether oxygens (including phenoxy) is 1. The highest BCUT2D eigenvalue weighted by Crippen LogP contribution is 2.27. The van der Waals surface area contributed by atoms with Crippen LogP contribution in [0.1, 0.15) is 32.1 Å². The van der Waals surface area contributed by atoms with Crippen molar-refractivity contribution >= 4 is 27.0 Å². The van der Waals surface area contributed by atoms with E-state index in [1.54, 1.807) is 12.4 Å². The summed E-state index contributed by atoms with van der Waals surface area (Å²) in [6.45, 7) is 0.802. The molecular formula is C15H17BrN2O. The molecule has 0 spiro atoms. The predicted molar refractivity (Wildman–Crippen MR) is 79.3 cm³/mol. The quantitative estimate of drug-likeness (QED) is 0.843. The van der Waals surface area contributed by atoms with Crippen LogP contribution in [0.25, 0.3) is 11.0 Å². The Balaban J connectivity index is 1.76. The summed E-state index contributed by atoms with van der Waals surface area (Å²) in [5.41, 5.74) is 1.72. The Labute approximate surface area is 121 Å². The molecule has 0 N–H and O–H groups in total. The van der Waals surface area contributed by atoms with Gasteiger partial charge in [-0.15, -0.1) is 0 Å². The molecule has 100 valence electrons. The van der Waals surface area contributed by atoms with Crippen molar-refractivity contribution < 1.29 is 4.74 Å². The summed E-state index contributed by atoms with van der Waals surface area (Å²) in [5.74, 6) is 1.55. The number of hydrogen-bond donors (Lipinski definition) is 0. The minimum absolute atomic E-state index is 0.701. The molecule has 2 aromatic heterocycles. The van der Waals surface area contributed by atoms with E-state index in [0.717, 1.165) is 27.9 Å². The molecule has 0 unspecified atom stereocenters. The van der Waals surface area contributed by atoms with Crippen LogP contribution in [0.5, 0.6) is 5.75 Å². The lowest BCUT2D eigenvalue weighted by molar-refractivity contribution is 0.210. The lowest BCUT2D eigenvalue weighted by Crippen LogP contribution is -2.15. The monoisotopic (exact) mass is 320 g/mol. The average Bonchev–Trinajstić information content (AvgIpc) is 2.45. The fourth-order valence-corrected chi connectivity index (χ4v) is 2.98. The lowest BCUT2D eigenvalue weighted by atomic mass is 9.90. The molecule has 1 fully saturated rings. The summed E-state index contributed by atoms with van der Waals surface area (Å²) in [7, 11) is 0. The number of nitrogens with zero attached hydrogens (tertiary/aromatic N) is 2. The molecule has 0 radical (unpaired) electrons. The van der Waals surface area contributed by atoms with Gasteiger partial charge in [0.1, 0.15) is 11.3 Å². The number of aromatic nitrogens is 2. The van der Waals surface area contributed by atoms with Crippen LogP contribution in [-0.4, -0.2) is 16.6 Å². The maximum absolute atomic E-state index is 5.98. The summed E-state index contributed by atoms with van der Waals surface area (Å²) in [5, 5.41) is 0. The first-order valence-electron chi connectivity index (χ1n) is 6.86. The Bertz CT molecular complexity index is 567. The van der Waals surface area contributed by atoms with Crippen molar-refractivity contribution in [3.05, 3.63) is 29.0 Å². The van der Waals surface area contributed by atoms with Crippen LogP contribution in [0.15, 0.2) is 29.0 Å². The van der Waals surface area contributed by atoms with E-state index >= 15 is 0 Å². The van der Waals surface area contributed by atoms with E-state index in [2.05, 4.69) is 25.9 Å². The second-order valence-electron chi connectivity index (χ2n) is 5.15. The van der Waals surface area contributed by atoms with Crippen LogP contribution in [0.2, 0.25) is 0 Å². The molecule has 0 saturated heterocycles. The van der Waals surface area contributed by atoms with Gasteiger partial charge in [0.15, 0.2) is 0 Å². The first-order valence-corrected chi connectivity index (χ1v) is 7.65. The van der Waals surface area contributed by atoms with E-state index in [-0.39, 0.29) is 0 Å². The van der Waals surface area contributed by atoms with Gasteiger partial charge in [-0.3, -0.25) is 4.98 Å². The smallest absolute Gasteiger partial charge is 0.148 e. The van der Waals surface area contributed by atoms with Gasteiger partial charge in [0.2, 0.25) is 0 Å². The number of pyridine rings is 2. The summed E-state index contributed by atoms with van der Waals surface area (Å²) in [6.07, 6.45) is 10.2. The molecule has 3 rings (SSSR count). The summed E-state index contributed by atoms with van der Waals surface area (Å²) >= 11 is 3.42. The Hall–Kier alpha value is -1.16. The normalized spacial score (nSPS) is 16.7. The average molecular weight is 321 g/mol. The maximum atomic E-state index is 5.98. The lowest BCUT2D eigenvalue weighted by Gasteiger charge is -2.21. The molecule has 1 aliphatic rings. The van der Waals surface area contributed by atoms with Crippen molar-refractivity contribution in [3.8, 4) is 5.75 Å². The van der Waals surface area contributed by atoms with Crippen molar-refractivity contribution in [2.75, 3.05) is 6.61 Å². The molecule has 0 bridgehead atoms. The van der Waals surface area contributed by atoms with Crippen LogP contribution in [0.4, 0.5) is 0 Å². The zero-order chi connectivity index (χ0) is 13.1. The third kappa shape index (κ3) is 3.06. The standard InChI is InChI=1S/C15H17BrN2O/c16-12-8-13-15(18-9-12)14(6-7-17-13)19-10-11-4-2-1-3-5-11/h6-9,11H,1-5,10H2. The number of rotatable bonds is 3. The van der Waals surface area contributed by atoms with Crippen molar-refractivity contribution in [3.63, 3.8) is 0 Å². The molecule has 4 heteroatoms. The molecule has 2 aromatic rings. The van der Waals surface area contributed by atoms with Gasteiger partial charge in [-0.05, 0) is 40.8 Å². The fourth-order valence-electron chi connectivity index (χ4n) is 2.66. The van der Waals surface area contributed by atoms with E-state index in [1.165, 1.54) is 32.1 Å². The molecule has 0 atom stereocenters. The number of hydrogen-bond acceptors (Lipinski definition) is 3. The predicted octanol–water partition coefficient (Wildman–Crippen LogP) is 4.35. The van der Waals surface area contributed by atoms with Gasteiger partial charge in [0, 0.05) is 22.9 Å². The van der Waals surface area contributed by atoms with Crippen LogP contribution >= 0.6 is 15.9 Å². The van der Waals surface area contributed by atoms with E-state index in [1.807, 2.05) is 12.1 Å². The van der Waals surface area contributed by atoms with Crippen LogP contribution < -0.4 is 4.74 Å². The Morgan fingerprint density at radius 1 is 1.21 bits per heavy atom. The molecule has 2 heterocycles. The van der Waals surface area contributed by atoms with E-state index in [9.17, 15) is 0 Å². The Morgan fingerprint density at radius 3 is 2.89 bits per heavy atom. The highest BCUT2D eigenvalue weighted by atomic mass is 79.9. The third-order valence-corrected chi connectivity index (χ3v) is 4.14. The van der Waals surface area contributed by atoms with Crippen molar-refractivity contribution in [1.82, 2.24) is 9.97 Å². The van der Waals surface area contributed by atoms with Gasteiger partial charge in [-0.1, -0.05) is 19.3 Å². The van der Waals surface area contributed by atoms with Gasteiger partial charge < -0.3 is 4.74 Å². The topological polar surface area (TPSA) is 35.0 Å². The van der Waals surface area contributed by atoms with Crippen molar-refractivity contribution in [1.29, 1.82) is 0 Å². The molecule has 19 heavy (non-hydrogen) atoms. The molecular weight excluding hydrogens is 304 g/mol. The van der Waals surface area contributed by atoms with Crippen LogP contribution in [0.3, 0.4) is 0 Å². The van der Waals surface area contributed by atoms with Gasteiger partial charge in [0.05, 0.1) is 12.1 Å². The second-order valence-corrected chi connectivity index (χ2v) is 6.06. The number of fused-ring (bicyclic) bond motifs is 1. The van der Waals surface area contributed by atoms with Crippen LogP contribution in [-0.2, 0) is 0 Å². The van der Waals surface area contributed by atoms with E-state index in [0.29, 0.717) is 5.92 Å². The summed E-state index contributed by atoms with van der Waals surface area (Å²) < 4.78 is 6.92. The molecule has 1 saturated carbocycles. The van der Waals surface area contributed by atoms with Crippen LogP contribution in [0, 0.1) is 5.92 Å². The summed E-state index contributed by atoms with van der Waals surface area (Å²) in [6, 6.07) is 3.88. The van der Waals surface area contributed by atoms with Crippen molar-refractivity contribution in [2.24, 2.45) is 5.92 Å². The largest absolute Gasteiger partial charge is 0.491 e. The minimum Gasteiger partial charge on any atom is -0.491 e. The molecule has 0 aromatic carbocycles. The Kier molecular flexibility index (Phi) is 3.97. The van der Waals surface area contributed by atoms with E-state index < -0.39 is 0 Å². The Morgan fingerprint density at radius 2 is 2.05 bits per heavy atom. The number of halogens is 1. The zero-order valence-electron chi connectivity index (χ0n) is 10.8. The van der Waals surface area contributed by atoms with Crippen molar-refractivity contribution in [2.45, 2.75) is 32.1 Å². The van der Waals surface area contributed by atoms with Gasteiger partial charge in [0.25, 0.3) is 0 Å². The second kappa shape index (κ2) is 5.87. The SMILES string of the molecule is Brc1cnc2c(OCC3CCCCC3)ccnc2c1. The fraction of sp³-hybridized carbons (Fsp3) is 0.467. The summed E-state index contributed by atoms with van der Waals surface area (Å²) in [4.78, 5) is 8.74. The van der Waals surface area contributed by atoms with Gasteiger partial charge in [-0.2, -0.15) is 0 Å². The third-order valence-electron chi connectivity index (χ3n) is 3.71. The minimum atomic E-state index is 0.701. The van der Waals surface area contributed by atoms with Gasteiger partial charge in [-0.25, -0.2) is 4.98 Å². The molecule has 1 aliphatic carbocycles. The highest BCUT2D eigenvalue weighted by Gasteiger charge is 2.15. The van der Waals surface area contributed by atoms with E-state index in [4.69, 9.17) is 4.74 Å².